The fourth-order valence-corrected chi connectivity index (χ4v) is 5.47. The van der Waals surface area contributed by atoms with Gasteiger partial charge in [0.1, 0.15) is 0 Å². The molecule has 1 nitrogen and oxygen atoms in total. The topological polar surface area (TPSA) is 9.23 Å². The summed E-state index contributed by atoms with van der Waals surface area (Å²) >= 11 is 0. The molecule has 3 rings (SSSR count). The third kappa shape index (κ3) is 6.34. The quantitative estimate of drug-likeness (QED) is 0.297. The normalized spacial score (nSPS) is 28.0. The molecule has 0 N–H and O–H groups in total. The molecule has 2 aliphatic carbocycles. The van der Waals surface area contributed by atoms with Crippen molar-refractivity contribution in [3.8, 4) is 0 Å². The summed E-state index contributed by atoms with van der Waals surface area (Å²) < 4.78 is 5.68. The summed E-state index contributed by atoms with van der Waals surface area (Å²) in [5.41, 5.74) is 2.83. The summed E-state index contributed by atoms with van der Waals surface area (Å²) in [4.78, 5) is 0. The van der Waals surface area contributed by atoms with Gasteiger partial charge in [-0.1, -0.05) is 49.3 Å². The molecule has 1 heteroatoms. The van der Waals surface area contributed by atoms with Crippen LogP contribution in [0.3, 0.4) is 0 Å². The average Bonchev–Trinajstić information content (AvgIpc) is 2.76. The van der Waals surface area contributed by atoms with E-state index in [1.54, 1.807) is 5.56 Å². The van der Waals surface area contributed by atoms with Gasteiger partial charge in [-0.2, -0.15) is 0 Å². The molecule has 0 saturated heterocycles. The smallest absolute Gasteiger partial charge is 0.0717 e. The predicted octanol–water partition coefficient (Wildman–Crippen LogP) is 7.83. The third-order valence-corrected chi connectivity index (χ3v) is 7.30. The van der Waals surface area contributed by atoms with E-state index in [2.05, 4.69) is 43.5 Å². The Balaban J connectivity index is 1.39. The highest BCUT2D eigenvalue weighted by atomic mass is 16.5. The van der Waals surface area contributed by atoms with E-state index in [-0.39, 0.29) is 0 Å². The summed E-state index contributed by atoms with van der Waals surface area (Å²) in [5.74, 6) is 3.76. The maximum atomic E-state index is 5.68. The largest absolute Gasteiger partial charge is 0.376 e. The van der Waals surface area contributed by atoms with Crippen LogP contribution in [0, 0.1) is 17.8 Å². The molecule has 28 heavy (non-hydrogen) atoms. The van der Waals surface area contributed by atoms with Crippen LogP contribution in [0.1, 0.15) is 87.7 Å². The molecule has 154 valence electrons. The minimum Gasteiger partial charge on any atom is -0.376 e. The van der Waals surface area contributed by atoms with Gasteiger partial charge in [-0.15, -0.1) is 13.2 Å². The second kappa shape index (κ2) is 11.6. The van der Waals surface area contributed by atoms with Gasteiger partial charge in [0.15, 0.2) is 0 Å². The lowest BCUT2D eigenvalue weighted by molar-refractivity contribution is 0.125. The van der Waals surface area contributed by atoms with E-state index in [9.17, 15) is 0 Å². The fourth-order valence-electron chi connectivity index (χ4n) is 5.47. The predicted molar refractivity (Wildman–Crippen MR) is 120 cm³/mol. The van der Waals surface area contributed by atoms with Crippen LogP contribution >= 0.6 is 0 Å². The van der Waals surface area contributed by atoms with E-state index in [0.29, 0.717) is 0 Å². The SMILES string of the molecule is C=CCCOCc1ccc(C2CCC(C3CCC(CCC=C)CC3)CC2)cc1. The van der Waals surface area contributed by atoms with Crippen molar-refractivity contribution in [2.75, 3.05) is 6.61 Å². The van der Waals surface area contributed by atoms with Gasteiger partial charge in [-0.25, -0.2) is 0 Å². The highest BCUT2D eigenvalue weighted by molar-refractivity contribution is 5.25. The molecule has 0 aromatic heterocycles. The molecule has 0 aliphatic heterocycles. The monoisotopic (exact) mass is 380 g/mol. The zero-order valence-electron chi connectivity index (χ0n) is 17.8. The number of hydrogen-bond donors (Lipinski definition) is 0. The molecule has 0 heterocycles. The number of rotatable bonds is 10. The van der Waals surface area contributed by atoms with Crippen molar-refractivity contribution in [2.24, 2.45) is 17.8 Å². The lowest BCUT2D eigenvalue weighted by Gasteiger charge is -2.38. The van der Waals surface area contributed by atoms with Crippen LogP contribution in [0.2, 0.25) is 0 Å². The Morgan fingerprint density at radius 3 is 2.00 bits per heavy atom. The zero-order valence-corrected chi connectivity index (χ0v) is 17.8. The molecule has 1 aromatic rings. The first-order valence-corrected chi connectivity index (χ1v) is 11.7. The van der Waals surface area contributed by atoms with Crippen molar-refractivity contribution >= 4 is 0 Å². The Labute approximate surface area is 173 Å². The summed E-state index contributed by atoms with van der Waals surface area (Å²) in [7, 11) is 0. The lowest BCUT2D eigenvalue weighted by Crippen LogP contribution is -2.25. The van der Waals surface area contributed by atoms with E-state index in [0.717, 1.165) is 43.3 Å². The molecule has 1 aromatic carbocycles. The van der Waals surface area contributed by atoms with Gasteiger partial charge in [0.2, 0.25) is 0 Å². The van der Waals surface area contributed by atoms with Gasteiger partial charge in [0, 0.05) is 0 Å². The van der Waals surface area contributed by atoms with Crippen molar-refractivity contribution in [3.63, 3.8) is 0 Å². The average molecular weight is 381 g/mol. The summed E-state index contributed by atoms with van der Waals surface area (Å²) in [6.45, 7) is 9.10. The first-order chi connectivity index (χ1) is 13.8. The highest BCUT2D eigenvalue weighted by Crippen LogP contribution is 2.44. The second-order valence-corrected chi connectivity index (χ2v) is 9.13. The second-order valence-electron chi connectivity index (χ2n) is 9.13. The van der Waals surface area contributed by atoms with E-state index in [1.165, 1.54) is 69.8 Å². The Morgan fingerprint density at radius 2 is 1.39 bits per heavy atom. The number of allylic oxidation sites excluding steroid dienone is 1. The van der Waals surface area contributed by atoms with E-state index in [4.69, 9.17) is 4.74 Å². The van der Waals surface area contributed by atoms with E-state index < -0.39 is 0 Å². The number of ether oxygens (including phenoxy) is 1. The third-order valence-electron chi connectivity index (χ3n) is 7.30. The molecular weight excluding hydrogens is 340 g/mol. The van der Waals surface area contributed by atoms with Crippen LogP contribution < -0.4 is 0 Å². The Hall–Kier alpha value is -1.34. The number of hydrogen-bond acceptors (Lipinski definition) is 1. The first-order valence-electron chi connectivity index (χ1n) is 11.7. The lowest BCUT2D eigenvalue weighted by atomic mass is 9.68. The molecule has 0 radical (unpaired) electrons. The highest BCUT2D eigenvalue weighted by Gasteiger charge is 2.31. The molecule has 0 amide bonds. The van der Waals surface area contributed by atoms with Crippen molar-refractivity contribution in [3.05, 3.63) is 60.7 Å². The molecule has 2 fully saturated rings. The fraction of sp³-hybridized carbons (Fsp3) is 0.630. The van der Waals surface area contributed by atoms with Gasteiger partial charge in [0.25, 0.3) is 0 Å². The first kappa shape index (κ1) is 21.4. The Morgan fingerprint density at radius 1 is 0.786 bits per heavy atom. The minimum atomic E-state index is 0.719. The van der Waals surface area contributed by atoms with Gasteiger partial charge < -0.3 is 4.74 Å². The summed E-state index contributed by atoms with van der Waals surface area (Å²) in [5, 5.41) is 0. The molecule has 0 atom stereocenters. The minimum absolute atomic E-state index is 0.719. The maximum absolute atomic E-state index is 5.68. The van der Waals surface area contributed by atoms with Crippen LogP contribution in [-0.4, -0.2) is 6.61 Å². The van der Waals surface area contributed by atoms with Crippen molar-refractivity contribution in [1.82, 2.24) is 0 Å². The van der Waals surface area contributed by atoms with E-state index >= 15 is 0 Å². The van der Waals surface area contributed by atoms with Crippen molar-refractivity contribution in [2.45, 2.75) is 83.2 Å². The van der Waals surface area contributed by atoms with Crippen molar-refractivity contribution in [1.29, 1.82) is 0 Å². The molecule has 2 saturated carbocycles. The van der Waals surface area contributed by atoms with Gasteiger partial charge in [-0.05, 0) is 92.6 Å². The molecule has 2 aliphatic rings. The van der Waals surface area contributed by atoms with Crippen molar-refractivity contribution < 1.29 is 4.74 Å². The molecule has 0 spiro atoms. The Kier molecular flexibility index (Phi) is 8.86. The number of benzene rings is 1. The van der Waals surface area contributed by atoms with Crippen LogP contribution in [0.4, 0.5) is 0 Å². The van der Waals surface area contributed by atoms with Crippen LogP contribution in [0.5, 0.6) is 0 Å². The standard InChI is InChI=1S/C27H40O/c1-3-5-7-22-8-12-24(13-9-22)26-16-18-27(19-17-26)25-14-10-23(11-15-25)21-28-20-6-4-2/h3-4,10-11,14-15,22,24,26-27H,1-2,5-9,12-13,16-21H2. The van der Waals surface area contributed by atoms with Crippen LogP contribution in [-0.2, 0) is 11.3 Å². The Bertz CT molecular complexity index is 571. The van der Waals surface area contributed by atoms with Crippen LogP contribution in [0.25, 0.3) is 0 Å². The molecule has 0 bridgehead atoms. The molecular formula is C27H40O. The van der Waals surface area contributed by atoms with E-state index in [1.807, 2.05) is 6.08 Å². The van der Waals surface area contributed by atoms with Gasteiger partial charge in [-0.3, -0.25) is 0 Å². The molecule has 0 unspecified atom stereocenters. The maximum Gasteiger partial charge on any atom is 0.0717 e. The van der Waals surface area contributed by atoms with Gasteiger partial charge >= 0.3 is 0 Å². The summed E-state index contributed by atoms with van der Waals surface area (Å²) in [6, 6.07) is 9.23. The van der Waals surface area contributed by atoms with Gasteiger partial charge in [0.05, 0.1) is 13.2 Å². The zero-order chi connectivity index (χ0) is 19.6. The summed E-state index contributed by atoms with van der Waals surface area (Å²) in [6.07, 6.45) is 19.1. The van der Waals surface area contributed by atoms with Crippen LogP contribution in [0.15, 0.2) is 49.6 Å².